The predicted octanol–water partition coefficient (Wildman–Crippen LogP) is 4.39. The second-order valence-corrected chi connectivity index (χ2v) is 7.79. The Balaban J connectivity index is 1.60. The smallest absolute Gasteiger partial charge is 0.255 e. The van der Waals surface area contributed by atoms with Gasteiger partial charge in [0.05, 0.1) is 6.20 Å². The summed E-state index contributed by atoms with van der Waals surface area (Å²) in [7, 11) is 0. The van der Waals surface area contributed by atoms with Gasteiger partial charge in [-0.1, -0.05) is 39.0 Å². The standard InChI is InChI=1S/C22H25FN4O/c1-22(2,3)20-17(14-25-27-20)13-24-12-15-6-4-9-19(10-15)26-21(28)16-7-5-8-18(23)11-16/h4-11,14,24H,12-13H2,1-3H3,(H,25,27)(H,26,28). The van der Waals surface area contributed by atoms with E-state index >= 15 is 0 Å². The first-order chi connectivity index (χ1) is 13.3. The number of hydrogen-bond donors (Lipinski definition) is 3. The van der Waals surface area contributed by atoms with Crippen LogP contribution in [0.5, 0.6) is 0 Å². The van der Waals surface area contributed by atoms with E-state index in [4.69, 9.17) is 0 Å². The zero-order valence-electron chi connectivity index (χ0n) is 16.3. The first-order valence-electron chi connectivity index (χ1n) is 9.22. The molecule has 0 aliphatic carbocycles. The molecular weight excluding hydrogens is 355 g/mol. The molecule has 0 bridgehead atoms. The molecule has 1 amide bonds. The van der Waals surface area contributed by atoms with Crippen molar-refractivity contribution in [2.75, 3.05) is 5.32 Å². The normalized spacial score (nSPS) is 11.4. The van der Waals surface area contributed by atoms with Crippen molar-refractivity contribution in [2.45, 2.75) is 39.3 Å². The van der Waals surface area contributed by atoms with Gasteiger partial charge in [0.15, 0.2) is 0 Å². The van der Waals surface area contributed by atoms with Gasteiger partial charge in [0, 0.05) is 41.0 Å². The highest BCUT2D eigenvalue weighted by Gasteiger charge is 2.19. The third kappa shape index (κ3) is 5.04. The van der Waals surface area contributed by atoms with Gasteiger partial charge in [-0.05, 0) is 35.9 Å². The summed E-state index contributed by atoms with van der Waals surface area (Å²) in [5.74, 6) is -0.766. The molecule has 0 spiro atoms. The predicted molar refractivity (Wildman–Crippen MR) is 109 cm³/mol. The van der Waals surface area contributed by atoms with Crippen molar-refractivity contribution in [3.05, 3.63) is 82.9 Å². The molecule has 3 rings (SSSR count). The topological polar surface area (TPSA) is 69.8 Å². The van der Waals surface area contributed by atoms with E-state index in [1.807, 2.05) is 30.5 Å². The molecule has 0 saturated carbocycles. The fraction of sp³-hybridized carbons (Fsp3) is 0.273. The molecule has 5 nitrogen and oxygen atoms in total. The number of carbonyl (C=O) groups is 1. The number of nitrogens with one attached hydrogen (secondary N) is 3. The van der Waals surface area contributed by atoms with Gasteiger partial charge >= 0.3 is 0 Å². The van der Waals surface area contributed by atoms with Crippen LogP contribution in [0.3, 0.4) is 0 Å². The molecule has 0 saturated heterocycles. The molecule has 0 fully saturated rings. The molecule has 3 aromatic rings. The van der Waals surface area contributed by atoms with E-state index in [-0.39, 0.29) is 16.9 Å². The number of amides is 1. The second kappa shape index (κ2) is 8.35. The Bertz CT molecular complexity index is 959. The fourth-order valence-corrected chi connectivity index (χ4v) is 3.03. The van der Waals surface area contributed by atoms with Gasteiger partial charge in [-0.15, -0.1) is 0 Å². The molecule has 2 aromatic carbocycles. The van der Waals surface area contributed by atoms with Crippen molar-refractivity contribution in [3.8, 4) is 0 Å². The summed E-state index contributed by atoms with van der Waals surface area (Å²) in [5, 5.41) is 13.5. The molecule has 0 unspecified atom stereocenters. The monoisotopic (exact) mass is 380 g/mol. The number of hydrogen-bond acceptors (Lipinski definition) is 3. The number of nitrogens with zero attached hydrogens (tertiary/aromatic N) is 1. The zero-order valence-corrected chi connectivity index (χ0v) is 16.3. The Hall–Kier alpha value is -2.99. The quantitative estimate of drug-likeness (QED) is 0.594. The van der Waals surface area contributed by atoms with Crippen molar-refractivity contribution in [3.63, 3.8) is 0 Å². The van der Waals surface area contributed by atoms with Gasteiger partial charge in [0.1, 0.15) is 5.82 Å². The molecule has 0 radical (unpaired) electrons. The summed E-state index contributed by atoms with van der Waals surface area (Å²) in [5.41, 5.74) is 4.27. The minimum atomic E-state index is -0.431. The number of rotatable bonds is 6. The van der Waals surface area contributed by atoms with Crippen LogP contribution >= 0.6 is 0 Å². The summed E-state index contributed by atoms with van der Waals surface area (Å²) in [6.45, 7) is 7.79. The Labute approximate surface area is 164 Å². The number of H-pyrrole nitrogens is 1. The van der Waals surface area contributed by atoms with Crippen LogP contribution in [-0.2, 0) is 18.5 Å². The summed E-state index contributed by atoms with van der Waals surface area (Å²) in [6, 6.07) is 13.2. The number of aromatic amines is 1. The van der Waals surface area contributed by atoms with E-state index in [2.05, 4.69) is 41.6 Å². The SMILES string of the molecule is CC(C)(C)c1[nH]ncc1CNCc1cccc(NC(=O)c2cccc(F)c2)c1. The molecule has 6 heteroatoms. The zero-order chi connectivity index (χ0) is 20.1. The molecule has 1 aromatic heterocycles. The molecule has 146 valence electrons. The van der Waals surface area contributed by atoms with Crippen molar-refractivity contribution >= 4 is 11.6 Å². The summed E-state index contributed by atoms with van der Waals surface area (Å²) < 4.78 is 13.3. The lowest BCUT2D eigenvalue weighted by molar-refractivity contribution is 0.102. The lowest BCUT2D eigenvalue weighted by Gasteiger charge is -2.18. The second-order valence-electron chi connectivity index (χ2n) is 7.79. The Morgan fingerprint density at radius 2 is 1.89 bits per heavy atom. The number of benzene rings is 2. The first-order valence-corrected chi connectivity index (χ1v) is 9.22. The van der Waals surface area contributed by atoms with E-state index in [9.17, 15) is 9.18 Å². The van der Waals surface area contributed by atoms with Crippen LogP contribution in [-0.4, -0.2) is 16.1 Å². The maximum absolute atomic E-state index is 13.3. The van der Waals surface area contributed by atoms with Crippen LogP contribution in [0.1, 0.15) is 48.0 Å². The van der Waals surface area contributed by atoms with Crippen molar-refractivity contribution in [1.29, 1.82) is 0 Å². The molecule has 1 heterocycles. The van der Waals surface area contributed by atoms with Gasteiger partial charge in [-0.3, -0.25) is 9.89 Å². The molecule has 0 atom stereocenters. The summed E-state index contributed by atoms with van der Waals surface area (Å²) in [6.07, 6.45) is 1.85. The largest absolute Gasteiger partial charge is 0.322 e. The Morgan fingerprint density at radius 3 is 2.64 bits per heavy atom. The van der Waals surface area contributed by atoms with Gasteiger partial charge in [-0.2, -0.15) is 5.10 Å². The highest BCUT2D eigenvalue weighted by atomic mass is 19.1. The summed E-state index contributed by atoms with van der Waals surface area (Å²) in [4.78, 5) is 12.3. The summed E-state index contributed by atoms with van der Waals surface area (Å²) >= 11 is 0. The van der Waals surface area contributed by atoms with Crippen LogP contribution in [0.2, 0.25) is 0 Å². The van der Waals surface area contributed by atoms with E-state index in [0.717, 1.165) is 16.8 Å². The third-order valence-corrected chi connectivity index (χ3v) is 4.38. The third-order valence-electron chi connectivity index (χ3n) is 4.38. The van der Waals surface area contributed by atoms with Crippen LogP contribution in [0, 0.1) is 5.82 Å². The van der Waals surface area contributed by atoms with Crippen LogP contribution in [0.25, 0.3) is 0 Å². The van der Waals surface area contributed by atoms with Gasteiger partial charge in [0.25, 0.3) is 5.91 Å². The number of carbonyl (C=O) groups excluding carboxylic acids is 1. The molecule has 3 N–H and O–H groups in total. The van der Waals surface area contributed by atoms with E-state index in [1.54, 1.807) is 6.07 Å². The van der Waals surface area contributed by atoms with E-state index in [0.29, 0.717) is 18.8 Å². The van der Waals surface area contributed by atoms with Crippen LogP contribution < -0.4 is 10.6 Å². The number of anilines is 1. The van der Waals surface area contributed by atoms with Gasteiger partial charge in [-0.25, -0.2) is 4.39 Å². The average molecular weight is 380 g/mol. The Morgan fingerprint density at radius 1 is 1.11 bits per heavy atom. The molecule has 0 aliphatic heterocycles. The first kappa shape index (κ1) is 19.8. The van der Waals surface area contributed by atoms with Crippen molar-refractivity contribution in [1.82, 2.24) is 15.5 Å². The minimum absolute atomic E-state index is 0.00856. The molecule has 28 heavy (non-hydrogen) atoms. The van der Waals surface area contributed by atoms with E-state index < -0.39 is 5.82 Å². The maximum atomic E-state index is 13.3. The van der Waals surface area contributed by atoms with Crippen molar-refractivity contribution in [2.24, 2.45) is 0 Å². The molecule has 0 aliphatic rings. The average Bonchev–Trinajstić information content (AvgIpc) is 3.11. The molecular formula is C22H25FN4O. The van der Waals surface area contributed by atoms with E-state index in [1.165, 1.54) is 18.2 Å². The van der Waals surface area contributed by atoms with Crippen LogP contribution in [0.15, 0.2) is 54.7 Å². The van der Waals surface area contributed by atoms with Gasteiger partial charge < -0.3 is 10.6 Å². The maximum Gasteiger partial charge on any atom is 0.255 e. The lowest BCUT2D eigenvalue weighted by atomic mass is 9.89. The highest BCUT2D eigenvalue weighted by Crippen LogP contribution is 2.23. The lowest BCUT2D eigenvalue weighted by Crippen LogP contribution is -2.19. The fourth-order valence-electron chi connectivity index (χ4n) is 3.03. The Kier molecular flexibility index (Phi) is 5.90. The van der Waals surface area contributed by atoms with Crippen molar-refractivity contribution < 1.29 is 9.18 Å². The van der Waals surface area contributed by atoms with Gasteiger partial charge in [0.2, 0.25) is 0 Å². The number of halogens is 1. The van der Waals surface area contributed by atoms with Crippen LogP contribution in [0.4, 0.5) is 10.1 Å². The minimum Gasteiger partial charge on any atom is -0.322 e. The highest BCUT2D eigenvalue weighted by molar-refractivity contribution is 6.04. The number of aromatic nitrogens is 2.